The highest BCUT2D eigenvalue weighted by Crippen LogP contribution is 2.23. The SMILES string of the molecule is CCCCCCCCC/C=C/C(O)C(COC1OC(CO)C(O)C(O)C1O)NC(=O)CCCCCCCCCCCCC/C=C\CCCCCCCCCCCCCCOC(=O)CCCCCCCCCCCCCCCCCCCC. The smallest absolute Gasteiger partial charge is 0.305 e. The Kier molecular flexibility index (Phi) is 58.0. The monoisotopic (exact) mass is 1160 g/mol. The highest BCUT2D eigenvalue weighted by Gasteiger charge is 2.44. The van der Waals surface area contributed by atoms with E-state index in [0.29, 0.717) is 19.4 Å². The molecule has 11 nitrogen and oxygen atoms in total. The van der Waals surface area contributed by atoms with Crippen LogP contribution in [0, 0.1) is 0 Å². The molecule has 1 aliphatic heterocycles. The van der Waals surface area contributed by atoms with E-state index in [4.69, 9.17) is 14.2 Å². The van der Waals surface area contributed by atoms with Crippen LogP contribution < -0.4 is 5.32 Å². The van der Waals surface area contributed by atoms with Gasteiger partial charge in [-0.2, -0.15) is 0 Å². The third kappa shape index (κ3) is 49.3. The van der Waals surface area contributed by atoms with Gasteiger partial charge in [-0.05, 0) is 57.8 Å². The van der Waals surface area contributed by atoms with Gasteiger partial charge in [-0.3, -0.25) is 9.59 Å². The predicted octanol–water partition coefficient (Wildman–Crippen LogP) is 18.0. The Hall–Kier alpha value is -1.86. The second-order valence-electron chi connectivity index (χ2n) is 24.9. The maximum absolute atomic E-state index is 13.0. The van der Waals surface area contributed by atoms with E-state index >= 15 is 0 Å². The van der Waals surface area contributed by atoms with E-state index in [1.54, 1.807) is 6.08 Å². The molecular formula is C71H135NO10. The molecule has 1 amide bonds. The Morgan fingerprint density at radius 1 is 0.439 bits per heavy atom. The van der Waals surface area contributed by atoms with Crippen molar-refractivity contribution in [2.75, 3.05) is 19.8 Å². The first-order valence-electron chi connectivity index (χ1n) is 35.6. The van der Waals surface area contributed by atoms with Gasteiger partial charge in [0, 0.05) is 12.8 Å². The third-order valence-corrected chi connectivity index (χ3v) is 17.1. The summed E-state index contributed by atoms with van der Waals surface area (Å²) in [5, 5.41) is 54.3. The fraction of sp³-hybridized carbons (Fsp3) is 0.915. The summed E-state index contributed by atoms with van der Waals surface area (Å²) in [7, 11) is 0. The van der Waals surface area contributed by atoms with Crippen molar-refractivity contribution in [1.82, 2.24) is 5.32 Å². The van der Waals surface area contributed by atoms with E-state index in [-0.39, 0.29) is 18.5 Å². The molecule has 7 unspecified atom stereocenters. The van der Waals surface area contributed by atoms with Crippen LogP contribution in [0.1, 0.15) is 354 Å². The van der Waals surface area contributed by atoms with E-state index < -0.39 is 49.5 Å². The lowest BCUT2D eigenvalue weighted by molar-refractivity contribution is -0.302. The summed E-state index contributed by atoms with van der Waals surface area (Å²) in [6.45, 7) is 4.35. The summed E-state index contributed by atoms with van der Waals surface area (Å²) < 4.78 is 16.7. The Balaban J connectivity index is 1.91. The molecule has 484 valence electrons. The number of esters is 1. The predicted molar refractivity (Wildman–Crippen MR) is 343 cm³/mol. The fourth-order valence-corrected chi connectivity index (χ4v) is 11.4. The van der Waals surface area contributed by atoms with Crippen LogP contribution in [0.5, 0.6) is 0 Å². The minimum absolute atomic E-state index is 0.0105. The zero-order chi connectivity index (χ0) is 59.5. The molecule has 0 aromatic carbocycles. The van der Waals surface area contributed by atoms with Crippen LogP contribution >= 0.6 is 0 Å². The van der Waals surface area contributed by atoms with Gasteiger partial charge in [0.25, 0.3) is 0 Å². The van der Waals surface area contributed by atoms with E-state index in [1.807, 2.05) is 6.08 Å². The summed E-state index contributed by atoms with van der Waals surface area (Å²) in [6, 6.07) is -0.809. The highest BCUT2D eigenvalue weighted by atomic mass is 16.7. The molecule has 0 bridgehead atoms. The molecule has 0 spiro atoms. The second-order valence-corrected chi connectivity index (χ2v) is 24.9. The summed E-state index contributed by atoms with van der Waals surface area (Å²) >= 11 is 0. The number of carbonyl (C=O) groups excluding carboxylic acids is 2. The van der Waals surface area contributed by atoms with Gasteiger partial charge in [0.05, 0.1) is 32.0 Å². The number of ether oxygens (including phenoxy) is 3. The molecule has 0 aliphatic carbocycles. The van der Waals surface area contributed by atoms with E-state index in [1.165, 1.54) is 276 Å². The molecule has 0 aromatic rings. The summed E-state index contributed by atoms with van der Waals surface area (Å²) in [5.41, 5.74) is 0. The van der Waals surface area contributed by atoms with Crippen LogP contribution in [0.2, 0.25) is 0 Å². The zero-order valence-corrected chi connectivity index (χ0v) is 53.7. The summed E-state index contributed by atoms with van der Waals surface area (Å²) in [4.78, 5) is 25.1. The van der Waals surface area contributed by atoms with Crippen molar-refractivity contribution in [3.05, 3.63) is 24.3 Å². The van der Waals surface area contributed by atoms with Crippen LogP contribution in [-0.2, 0) is 23.8 Å². The Labute approximate surface area is 505 Å². The molecule has 1 aliphatic rings. The zero-order valence-electron chi connectivity index (χ0n) is 53.7. The maximum atomic E-state index is 13.0. The first-order valence-corrected chi connectivity index (χ1v) is 35.6. The van der Waals surface area contributed by atoms with Crippen molar-refractivity contribution >= 4 is 11.9 Å². The van der Waals surface area contributed by atoms with Crippen molar-refractivity contribution in [3.8, 4) is 0 Å². The number of amides is 1. The molecule has 1 rings (SSSR count). The largest absolute Gasteiger partial charge is 0.466 e. The summed E-state index contributed by atoms with van der Waals surface area (Å²) in [5.74, 6) is -0.173. The molecular weight excluding hydrogens is 1030 g/mol. The Morgan fingerprint density at radius 3 is 1.17 bits per heavy atom. The molecule has 0 saturated carbocycles. The molecule has 7 atom stereocenters. The van der Waals surface area contributed by atoms with Crippen LogP contribution in [0.4, 0.5) is 0 Å². The second kappa shape index (κ2) is 60.8. The van der Waals surface area contributed by atoms with Crippen molar-refractivity contribution < 1.29 is 49.3 Å². The number of unbranched alkanes of at least 4 members (excludes halogenated alkanes) is 47. The van der Waals surface area contributed by atoms with Crippen LogP contribution in [0.25, 0.3) is 0 Å². The minimum Gasteiger partial charge on any atom is -0.466 e. The number of hydrogen-bond donors (Lipinski definition) is 6. The number of allylic oxidation sites excluding steroid dienone is 3. The van der Waals surface area contributed by atoms with Gasteiger partial charge in [0.2, 0.25) is 5.91 Å². The van der Waals surface area contributed by atoms with Gasteiger partial charge in [-0.1, -0.05) is 308 Å². The average Bonchev–Trinajstić information content (AvgIpc) is 3.48. The highest BCUT2D eigenvalue weighted by molar-refractivity contribution is 5.76. The average molecular weight is 1160 g/mol. The Morgan fingerprint density at radius 2 is 0.780 bits per heavy atom. The quantitative estimate of drug-likeness (QED) is 0.0195. The van der Waals surface area contributed by atoms with Gasteiger partial charge in [0.15, 0.2) is 6.29 Å². The molecule has 0 aromatic heterocycles. The fourth-order valence-electron chi connectivity index (χ4n) is 11.4. The van der Waals surface area contributed by atoms with E-state index in [0.717, 1.165) is 51.4 Å². The number of rotatable bonds is 63. The van der Waals surface area contributed by atoms with Gasteiger partial charge in [-0.15, -0.1) is 0 Å². The number of carbonyl (C=O) groups is 2. The molecule has 82 heavy (non-hydrogen) atoms. The van der Waals surface area contributed by atoms with Gasteiger partial charge in [0.1, 0.15) is 24.4 Å². The lowest BCUT2D eigenvalue weighted by Crippen LogP contribution is -2.60. The standard InChI is InChI=1S/C71H135NO10/c1-3-5-7-9-11-13-14-15-16-17-30-33-36-39-43-47-51-55-59-67(76)80-60-56-52-48-44-40-37-34-31-28-26-24-22-20-18-19-21-23-25-27-29-32-35-38-42-46-50-54-58-66(75)72-63(64(74)57-53-49-45-41-12-10-8-6-4-2)62-81-71-70(79)69(78)68(77)65(61-73)82-71/h18-19,53,57,63-65,68-71,73-74,77-79H,3-17,20-52,54-56,58-62H2,1-2H3,(H,72,75)/b19-18-,57-53+. The third-order valence-electron chi connectivity index (χ3n) is 17.1. The number of hydrogen-bond acceptors (Lipinski definition) is 10. The first kappa shape index (κ1) is 78.2. The van der Waals surface area contributed by atoms with Gasteiger partial charge >= 0.3 is 5.97 Å². The maximum Gasteiger partial charge on any atom is 0.305 e. The van der Waals surface area contributed by atoms with Gasteiger partial charge < -0.3 is 45.1 Å². The van der Waals surface area contributed by atoms with Crippen LogP contribution in [0.3, 0.4) is 0 Å². The minimum atomic E-state index is -1.57. The topological polar surface area (TPSA) is 175 Å². The lowest BCUT2D eigenvalue weighted by atomic mass is 9.99. The van der Waals surface area contributed by atoms with E-state index in [9.17, 15) is 35.1 Å². The molecule has 6 N–H and O–H groups in total. The number of aliphatic hydroxyl groups excluding tert-OH is 5. The number of nitrogens with one attached hydrogen (secondary N) is 1. The summed E-state index contributed by atoms with van der Waals surface area (Å²) in [6.07, 6.45) is 66.2. The molecule has 1 fully saturated rings. The lowest BCUT2D eigenvalue weighted by Gasteiger charge is -2.40. The van der Waals surface area contributed by atoms with Crippen molar-refractivity contribution in [3.63, 3.8) is 0 Å². The first-order chi connectivity index (χ1) is 40.2. The molecule has 1 saturated heterocycles. The van der Waals surface area contributed by atoms with Crippen molar-refractivity contribution in [2.45, 2.75) is 397 Å². The van der Waals surface area contributed by atoms with Crippen LogP contribution in [-0.4, -0.2) is 100 Å². The molecule has 1 heterocycles. The van der Waals surface area contributed by atoms with Crippen molar-refractivity contribution in [1.29, 1.82) is 0 Å². The van der Waals surface area contributed by atoms with Crippen molar-refractivity contribution in [2.24, 2.45) is 0 Å². The molecule has 11 heteroatoms. The Bertz CT molecular complexity index is 1410. The van der Waals surface area contributed by atoms with Gasteiger partial charge in [-0.25, -0.2) is 0 Å². The number of aliphatic hydroxyl groups is 5. The normalized spacial score (nSPS) is 18.3. The molecule has 0 radical (unpaired) electrons. The van der Waals surface area contributed by atoms with Crippen LogP contribution in [0.15, 0.2) is 24.3 Å². The van der Waals surface area contributed by atoms with E-state index in [2.05, 4.69) is 31.3 Å².